The van der Waals surface area contributed by atoms with Gasteiger partial charge in [0.05, 0.1) is 21.4 Å². The summed E-state index contributed by atoms with van der Waals surface area (Å²) in [5.41, 5.74) is 6.68. The highest BCUT2D eigenvalue weighted by Gasteiger charge is 2.25. The number of aromatic nitrogens is 3. The van der Waals surface area contributed by atoms with Gasteiger partial charge in [-0.1, -0.05) is 6.07 Å². The van der Waals surface area contributed by atoms with Crippen LogP contribution in [-0.4, -0.2) is 26.4 Å². The van der Waals surface area contributed by atoms with Gasteiger partial charge in [-0.2, -0.15) is 0 Å². The molecule has 5 rings (SSSR count). The molecule has 4 heterocycles. The van der Waals surface area contributed by atoms with Crippen molar-refractivity contribution in [1.82, 2.24) is 19.9 Å². The predicted molar refractivity (Wildman–Crippen MR) is 107 cm³/mol. The van der Waals surface area contributed by atoms with Crippen molar-refractivity contribution in [3.8, 4) is 10.6 Å². The average Bonchev–Trinajstić information content (AvgIpc) is 3.33. The van der Waals surface area contributed by atoms with E-state index in [9.17, 15) is 0 Å². The van der Waals surface area contributed by atoms with E-state index in [1.54, 1.807) is 17.5 Å². The molecule has 0 N–H and O–H groups in total. The van der Waals surface area contributed by atoms with E-state index >= 15 is 0 Å². The molecule has 1 aliphatic rings. The Morgan fingerprint density at radius 2 is 2.19 bits per heavy atom. The summed E-state index contributed by atoms with van der Waals surface area (Å²) >= 11 is 3.51. The van der Waals surface area contributed by atoms with Gasteiger partial charge in [0, 0.05) is 42.0 Å². The smallest absolute Gasteiger partial charge is 0.125 e. The van der Waals surface area contributed by atoms with Crippen LogP contribution in [0.15, 0.2) is 48.2 Å². The predicted octanol–water partition coefficient (Wildman–Crippen LogP) is 4.93. The number of nitrogens with zero attached hydrogens (tertiary/aromatic N) is 4. The van der Waals surface area contributed by atoms with Crippen molar-refractivity contribution in [1.29, 1.82) is 0 Å². The van der Waals surface area contributed by atoms with Gasteiger partial charge in [0.15, 0.2) is 0 Å². The molecule has 4 aromatic rings. The Balaban J connectivity index is 1.40. The Kier molecular flexibility index (Phi) is 4.04. The summed E-state index contributed by atoms with van der Waals surface area (Å²) in [6.07, 6.45) is 4.77. The molecule has 0 aliphatic carbocycles. The molecular formula is C20H18N4S2. The van der Waals surface area contributed by atoms with Crippen molar-refractivity contribution in [2.45, 2.75) is 25.9 Å². The topological polar surface area (TPSA) is 41.9 Å². The molecular weight excluding hydrogens is 360 g/mol. The van der Waals surface area contributed by atoms with Gasteiger partial charge in [0.25, 0.3) is 0 Å². The van der Waals surface area contributed by atoms with Crippen LogP contribution in [0.3, 0.4) is 0 Å². The van der Waals surface area contributed by atoms with Crippen molar-refractivity contribution in [3.05, 3.63) is 64.4 Å². The van der Waals surface area contributed by atoms with Crippen LogP contribution in [0.4, 0.5) is 0 Å². The van der Waals surface area contributed by atoms with E-state index < -0.39 is 0 Å². The fourth-order valence-electron chi connectivity index (χ4n) is 3.51. The van der Waals surface area contributed by atoms with Gasteiger partial charge in [0.1, 0.15) is 5.01 Å². The van der Waals surface area contributed by atoms with Crippen molar-refractivity contribution in [2.24, 2.45) is 0 Å². The molecule has 1 unspecified atom stereocenters. The Morgan fingerprint density at radius 1 is 1.23 bits per heavy atom. The molecule has 1 aliphatic heterocycles. The first-order valence-corrected chi connectivity index (χ1v) is 10.4. The van der Waals surface area contributed by atoms with Crippen LogP contribution in [0.2, 0.25) is 0 Å². The first-order valence-electron chi connectivity index (χ1n) is 8.74. The van der Waals surface area contributed by atoms with Crippen LogP contribution in [0.25, 0.3) is 20.8 Å². The van der Waals surface area contributed by atoms with Crippen LogP contribution < -0.4 is 0 Å². The molecule has 4 nitrogen and oxygen atoms in total. The molecule has 0 saturated carbocycles. The van der Waals surface area contributed by atoms with E-state index in [0.717, 1.165) is 35.6 Å². The quantitative estimate of drug-likeness (QED) is 0.507. The number of benzene rings is 1. The summed E-state index contributed by atoms with van der Waals surface area (Å²) in [6, 6.07) is 11.1. The maximum absolute atomic E-state index is 4.92. The van der Waals surface area contributed by atoms with Crippen LogP contribution in [-0.2, 0) is 13.0 Å². The summed E-state index contributed by atoms with van der Waals surface area (Å²) in [7, 11) is 0. The first kappa shape index (κ1) is 16.1. The van der Waals surface area contributed by atoms with E-state index in [1.807, 2.05) is 29.1 Å². The van der Waals surface area contributed by atoms with E-state index in [4.69, 9.17) is 4.98 Å². The van der Waals surface area contributed by atoms with Gasteiger partial charge in [-0.3, -0.25) is 9.88 Å². The van der Waals surface area contributed by atoms with Gasteiger partial charge in [-0.25, -0.2) is 9.97 Å². The second-order valence-electron chi connectivity index (χ2n) is 6.61. The third kappa shape index (κ3) is 2.84. The summed E-state index contributed by atoms with van der Waals surface area (Å²) in [6.45, 7) is 4.26. The molecule has 0 fully saturated rings. The lowest BCUT2D eigenvalue weighted by atomic mass is 10.0. The minimum Gasteiger partial charge on any atom is -0.290 e. The fourth-order valence-corrected chi connectivity index (χ4v) is 5.22. The van der Waals surface area contributed by atoms with Crippen LogP contribution in [0.5, 0.6) is 0 Å². The standard InChI is InChI=1S/C20H18N4S2/c1-13(14-4-5-18-16(9-14)22-12-25-18)24-8-6-19-17(11-24)23-20(26-19)15-3-2-7-21-10-15/h2-5,7,9-10,12-13H,6,8,11H2,1H3. The van der Waals surface area contributed by atoms with Crippen LogP contribution in [0.1, 0.15) is 29.1 Å². The van der Waals surface area contributed by atoms with Crippen LogP contribution in [0, 0.1) is 0 Å². The molecule has 26 heavy (non-hydrogen) atoms. The number of hydrogen-bond acceptors (Lipinski definition) is 6. The number of fused-ring (bicyclic) bond motifs is 2. The minimum absolute atomic E-state index is 0.359. The van der Waals surface area contributed by atoms with E-state index in [2.05, 4.69) is 46.1 Å². The van der Waals surface area contributed by atoms with E-state index in [0.29, 0.717) is 6.04 Å². The zero-order chi connectivity index (χ0) is 17.5. The Morgan fingerprint density at radius 3 is 3.08 bits per heavy atom. The monoisotopic (exact) mass is 378 g/mol. The molecule has 0 bridgehead atoms. The molecule has 1 aromatic carbocycles. The van der Waals surface area contributed by atoms with Gasteiger partial charge in [-0.15, -0.1) is 22.7 Å². The number of hydrogen-bond donors (Lipinski definition) is 0. The summed E-state index contributed by atoms with van der Waals surface area (Å²) in [5, 5.41) is 1.08. The first-order chi connectivity index (χ1) is 12.8. The second-order valence-corrected chi connectivity index (χ2v) is 8.58. The summed E-state index contributed by atoms with van der Waals surface area (Å²) < 4.78 is 1.25. The molecule has 0 amide bonds. The van der Waals surface area contributed by atoms with Crippen molar-refractivity contribution >= 4 is 32.9 Å². The van der Waals surface area contributed by atoms with Crippen molar-refractivity contribution in [3.63, 3.8) is 0 Å². The van der Waals surface area contributed by atoms with E-state index in [-0.39, 0.29) is 0 Å². The van der Waals surface area contributed by atoms with Gasteiger partial charge < -0.3 is 0 Å². The highest BCUT2D eigenvalue weighted by atomic mass is 32.1. The molecule has 0 saturated heterocycles. The Bertz CT molecular complexity index is 1050. The van der Waals surface area contributed by atoms with Crippen molar-refractivity contribution in [2.75, 3.05) is 6.54 Å². The fraction of sp³-hybridized carbons (Fsp3) is 0.250. The third-order valence-electron chi connectivity index (χ3n) is 5.05. The highest BCUT2D eigenvalue weighted by Crippen LogP contribution is 2.34. The molecule has 6 heteroatoms. The molecule has 130 valence electrons. The van der Waals surface area contributed by atoms with Gasteiger partial charge in [0.2, 0.25) is 0 Å². The largest absolute Gasteiger partial charge is 0.290 e. The molecule has 1 atom stereocenters. The van der Waals surface area contributed by atoms with Crippen LogP contribution >= 0.6 is 22.7 Å². The maximum Gasteiger partial charge on any atom is 0.125 e. The third-order valence-corrected chi connectivity index (χ3v) is 7.07. The highest BCUT2D eigenvalue weighted by molar-refractivity contribution is 7.16. The lowest BCUT2D eigenvalue weighted by Gasteiger charge is -2.32. The SMILES string of the molecule is CC(c1ccc2scnc2c1)N1CCc2sc(-c3cccnc3)nc2C1. The maximum atomic E-state index is 4.92. The number of thiazole rings is 2. The van der Waals surface area contributed by atoms with Gasteiger partial charge in [-0.05, 0) is 43.2 Å². The zero-order valence-corrected chi connectivity index (χ0v) is 16.1. The lowest BCUT2D eigenvalue weighted by molar-refractivity contribution is 0.191. The molecule has 0 spiro atoms. The lowest BCUT2D eigenvalue weighted by Crippen LogP contribution is -2.32. The Hall–Kier alpha value is -2.15. The molecule has 3 aromatic heterocycles. The average molecular weight is 379 g/mol. The van der Waals surface area contributed by atoms with E-state index in [1.165, 1.54) is 20.8 Å². The number of pyridine rings is 1. The molecule has 0 radical (unpaired) electrons. The summed E-state index contributed by atoms with van der Waals surface area (Å²) in [4.78, 5) is 17.5. The van der Waals surface area contributed by atoms with Crippen molar-refractivity contribution < 1.29 is 0 Å². The zero-order valence-electron chi connectivity index (χ0n) is 14.4. The normalized spacial score (nSPS) is 15.9. The second kappa shape index (κ2) is 6.54. The Labute approximate surface area is 160 Å². The van der Waals surface area contributed by atoms with Gasteiger partial charge >= 0.3 is 0 Å². The minimum atomic E-state index is 0.359. The number of rotatable bonds is 3. The summed E-state index contributed by atoms with van der Waals surface area (Å²) in [5.74, 6) is 0.